The molecule has 0 amide bonds. The lowest BCUT2D eigenvalue weighted by molar-refractivity contribution is 0.332. The molecule has 2 aliphatic heterocycles. The summed E-state index contributed by atoms with van der Waals surface area (Å²) < 4.78 is 0. The van der Waals surface area contributed by atoms with E-state index in [0.717, 1.165) is 23.5 Å². The van der Waals surface area contributed by atoms with Crippen molar-refractivity contribution >= 4 is 74.3 Å². The lowest BCUT2D eigenvalue weighted by Gasteiger charge is -2.46. The van der Waals surface area contributed by atoms with Crippen molar-refractivity contribution in [2.75, 3.05) is 14.7 Å². The molecule has 2 heterocycles. The van der Waals surface area contributed by atoms with E-state index in [0.29, 0.717) is 0 Å². The Morgan fingerprint density at radius 2 is 0.886 bits per heavy atom. The van der Waals surface area contributed by atoms with Crippen LogP contribution in [0.25, 0.3) is 11.1 Å². The minimum Gasteiger partial charge on any atom is -0.311 e. The summed E-state index contributed by atoms with van der Waals surface area (Å²) in [5.41, 5.74) is 30.4. The predicted octanol–water partition coefficient (Wildman–Crippen LogP) is 18.8. The molecule has 0 spiro atoms. The number of nitrogens with zero attached hydrogens (tertiary/aromatic N) is 3. The van der Waals surface area contributed by atoms with Crippen LogP contribution < -0.4 is 31.1 Å². The number of aryl methyl sites for hydroxylation is 1. The molecule has 0 aromatic heterocycles. The molecule has 0 unspecified atom stereocenters. The van der Waals surface area contributed by atoms with Crippen LogP contribution in [0.4, 0.5) is 51.2 Å². The van der Waals surface area contributed by atoms with Crippen LogP contribution in [0.3, 0.4) is 0 Å². The molecule has 0 radical (unpaired) electrons. The van der Waals surface area contributed by atoms with E-state index in [1.54, 1.807) is 0 Å². The third-order valence-electron chi connectivity index (χ3n) is 19.8. The third-order valence-corrected chi connectivity index (χ3v) is 19.8. The smallest absolute Gasteiger partial charge is 0.252 e. The van der Waals surface area contributed by atoms with Gasteiger partial charge in [0.1, 0.15) is 0 Å². The molecule has 0 atom stereocenters. The number of hydrogen-bond donors (Lipinski definition) is 0. The summed E-state index contributed by atoms with van der Waals surface area (Å²) >= 11 is 0. The Morgan fingerprint density at radius 3 is 1.47 bits per heavy atom. The van der Waals surface area contributed by atoms with E-state index >= 15 is 0 Å². The summed E-state index contributed by atoms with van der Waals surface area (Å²) in [5, 5.41) is 0. The Labute approximate surface area is 474 Å². The highest BCUT2D eigenvalue weighted by Gasteiger charge is 2.49. The van der Waals surface area contributed by atoms with Crippen LogP contribution in [0.15, 0.2) is 152 Å². The maximum absolute atomic E-state index is 2.70. The maximum atomic E-state index is 2.70. The fraction of sp³-hybridized carbons (Fsp3) is 0.360. The van der Waals surface area contributed by atoms with Crippen molar-refractivity contribution in [2.24, 2.45) is 0 Å². The largest absolute Gasteiger partial charge is 0.311 e. The summed E-state index contributed by atoms with van der Waals surface area (Å²) in [6, 6.07) is 60.4. The monoisotopic (exact) mass is 1040 g/mol. The molecule has 400 valence electrons. The zero-order valence-corrected chi connectivity index (χ0v) is 50.5. The first kappa shape index (κ1) is 51.6. The van der Waals surface area contributed by atoms with E-state index in [-0.39, 0.29) is 44.6 Å². The fourth-order valence-electron chi connectivity index (χ4n) is 15.5. The molecule has 79 heavy (non-hydrogen) atoms. The Balaban J connectivity index is 1.10. The number of anilines is 9. The van der Waals surface area contributed by atoms with Crippen molar-refractivity contribution in [1.29, 1.82) is 0 Å². The molecule has 3 aliphatic carbocycles. The summed E-state index contributed by atoms with van der Waals surface area (Å²) in [5.74, 6) is 0. The van der Waals surface area contributed by atoms with Gasteiger partial charge in [0.25, 0.3) is 6.71 Å². The first-order valence-electron chi connectivity index (χ1n) is 29.5. The maximum Gasteiger partial charge on any atom is 0.252 e. The van der Waals surface area contributed by atoms with Crippen LogP contribution in [0.2, 0.25) is 0 Å². The van der Waals surface area contributed by atoms with Crippen LogP contribution in [0.1, 0.15) is 180 Å². The van der Waals surface area contributed by atoms with Gasteiger partial charge in [-0.05, 0) is 215 Å². The van der Waals surface area contributed by atoms with Crippen LogP contribution in [-0.4, -0.2) is 6.71 Å². The van der Waals surface area contributed by atoms with Gasteiger partial charge >= 0.3 is 0 Å². The van der Waals surface area contributed by atoms with Gasteiger partial charge in [-0.1, -0.05) is 184 Å². The second-order valence-electron chi connectivity index (χ2n) is 29.8. The first-order chi connectivity index (χ1) is 37.0. The van der Waals surface area contributed by atoms with Crippen molar-refractivity contribution in [3.63, 3.8) is 0 Å². The van der Waals surface area contributed by atoms with Gasteiger partial charge in [0.2, 0.25) is 0 Å². The molecular formula is C75H82BN3. The SMILES string of the molecule is Cc1cc2c3c(c1)N(c1ccc4c(c1)C(C)(C)CCC4(C)C)c1cc4c(cc1B3c1ccc(N(c3ccc(C(C)(C)C)cc3)c3ccc(C(C)(C)C)cc3)cc1N2c1ccc2c(c1)C(C)(C)c1ccccc1-2)C(C)(C)CC4(C)C. The van der Waals surface area contributed by atoms with Gasteiger partial charge in [-0.25, -0.2) is 0 Å². The van der Waals surface area contributed by atoms with Gasteiger partial charge < -0.3 is 14.7 Å². The van der Waals surface area contributed by atoms with Crippen LogP contribution >= 0.6 is 0 Å². The molecule has 0 saturated heterocycles. The highest BCUT2D eigenvalue weighted by molar-refractivity contribution is 7.00. The average Bonchev–Trinajstić information content (AvgIpc) is 2.95. The van der Waals surface area contributed by atoms with E-state index in [1.165, 1.54) is 125 Å². The molecule has 5 aliphatic rings. The Hall–Kier alpha value is -6.78. The molecule has 4 heteroatoms. The molecule has 0 fully saturated rings. The first-order valence-corrected chi connectivity index (χ1v) is 29.5. The van der Waals surface area contributed by atoms with E-state index in [9.17, 15) is 0 Å². The predicted molar refractivity (Wildman–Crippen MR) is 341 cm³/mol. The molecular weight excluding hydrogens is 954 g/mol. The number of benzene rings is 8. The summed E-state index contributed by atoms with van der Waals surface area (Å²) in [7, 11) is 0. The summed E-state index contributed by atoms with van der Waals surface area (Å²) in [4.78, 5) is 7.84. The van der Waals surface area contributed by atoms with Gasteiger partial charge in [-0.15, -0.1) is 0 Å². The highest BCUT2D eigenvalue weighted by atomic mass is 15.2. The zero-order valence-electron chi connectivity index (χ0n) is 50.5. The summed E-state index contributed by atoms with van der Waals surface area (Å²) in [6.45, 7) is 40.7. The van der Waals surface area contributed by atoms with E-state index < -0.39 is 0 Å². The number of hydrogen-bond acceptors (Lipinski definition) is 3. The van der Waals surface area contributed by atoms with Gasteiger partial charge in [-0.2, -0.15) is 0 Å². The molecule has 0 saturated carbocycles. The van der Waals surface area contributed by atoms with Crippen LogP contribution in [-0.2, 0) is 37.9 Å². The average molecular weight is 1040 g/mol. The third kappa shape index (κ3) is 7.87. The van der Waals surface area contributed by atoms with Crippen LogP contribution in [0, 0.1) is 6.92 Å². The van der Waals surface area contributed by atoms with Gasteiger partial charge in [0.15, 0.2) is 0 Å². The molecule has 8 aromatic carbocycles. The Kier molecular flexibility index (Phi) is 11.0. The molecule has 0 N–H and O–H groups in total. The van der Waals surface area contributed by atoms with Gasteiger partial charge in [-0.3, -0.25) is 0 Å². The molecule has 0 bridgehead atoms. The minimum atomic E-state index is -0.169. The molecule has 8 aromatic rings. The van der Waals surface area contributed by atoms with Crippen molar-refractivity contribution in [3.8, 4) is 11.1 Å². The minimum absolute atomic E-state index is 0.0179. The molecule has 3 nitrogen and oxygen atoms in total. The lowest BCUT2D eigenvalue weighted by atomic mass is 9.33. The van der Waals surface area contributed by atoms with E-state index in [2.05, 4.69) is 284 Å². The molecule has 13 rings (SSSR count). The number of rotatable bonds is 5. The quantitative estimate of drug-likeness (QED) is 0.159. The lowest BCUT2D eigenvalue weighted by Crippen LogP contribution is -2.61. The normalized spacial score (nSPS) is 18.2. The van der Waals surface area contributed by atoms with E-state index in [1.807, 2.05) is 0 Å². The second-order valence-corrected chi connectivity index (χ2v) is 29.8. The number of fused-ring (bicyclic) bond motifs is 9. The summed E-state index contributed by atoms with van der Waals surface area (Å²) in [6.07, 6.45) is 3.47. The second kappa shape index (κ2) is 16.9. The van der Waals surface area contributed by atoms with Crippen LogP contribution in [0.5, 0.6) is 0 Å². The van der Waals surface area contributed by atoms with Gasteiger partial charge in [0, 0.05) is 56.6 Å². The van der Waals surface area contributed by atoms with E-state index in [4.69, 9.17) is 0 Å². The van der Waals surface area contributed by atoms with Crippen molar-refractivity contribution in [2.45, 2.75) is 175 Å². The standard InChI is InChI=1S/C75H82BN3/c1-46-38-66-68-67(39-46)79(52-31-34-57-59(41-52)72(10,11)37-36-71(57,8)9)65-44-61-60(73(12,13)45-74(61,14)15)43-63(65)76(68)62-35-32-53(42-64(62)78(66)51-30-33-55-54-20-18-19-21-56(54)75(16,17)58(55)40-51)77(49-26-22-47(23-27-49)69(2,3)4)50-28-24-48(25-29-50)70(5,6)7/h18-35,38-44H,36-37,45H2,1-17H3. The highest BCUT2D eigenvalue weighted by Crippen LogP contribution is 2.56. The van der Waals surface area contributed by atoms with Crippen molar-refractivity contribution in [3.05, 3.63) is 202 Å². The zero-order chi connectivity index (χ0) is 55.9. The van der Waals surface area contributed by atoms with Crippen molar-refractivity contribution < 1.29 is 0 Å². The van der Waals surface area contributed by atoms with Crippen molar-refractivity contribution in [1.82, 2.24) is 0 Å². The topological polar surface area (TPSA) is 9.72 Å². The van der Waals surface area contributed by atoms with Gasteiger partial charge in [0.05, 0.1) is 0 Å². The Morgan fingerprint density at radius 1 is 0.405 bits per heavy atom. The Bertz CT molecular complexity index is 3770. The fourth-order valence-corrected chi connectivity index (χ4v) is 15.5.